The van der Waals surface area contributed by atoms with E-state index in [0.717, 1.165) is 29.5 Å². The summed E-state index contributed by atoms with van der Waals surface area (Å²) in [5.74, 6) is 6.95. The molecule has 0 saturated carbocycles. The summed E-state index contributed by atoms with van der Waals surface area (Å²) in [5, 5.41) is 0.876. The molecule has 0 spiro atoms. The number of thioether (sulfide) groups is 1. The number of rotatable bonds is 6. The molecule has 3 N–H and O–H groups in total. The zero-order chi connectivity index (χ0) is 12.1. The van der Waals surface area contributed by atoms with Crippen LogP contribution in [0.4, 0.5) is 5.82 Å². The Morgan fingerprint density at radius 3 is 3.24 bits per heavy atom. The lowest BCUT2D eigenvalue weighted by molar-refractivity contribution is 0.200. The van der Waals surface area contributed by atoms with Crippen molar-refractivity contribution in [3.05, 3.63) is 18.6 Å². The van der Waals surface area contributed by atoms with Crippen LogP contribution in [-0.4, -0.2) is 33.8 Å². The van der Waals surface area contributed by atoms with Gasteiger partial charge in [-0.05, 0) is 6.42 Å². The molecule has 0 aromatic carbocycles. The molecule has 0 atom stereocenters. The van der Waals surface area contributed by atoms with Crippen molar-refractivity contribution in [1.82, 2.24) is 14.4 Å². The molecule has 0 aliphatic rings. The highest BCUT2D eigenvalue weighted by Crippen LogP contribution is 2.22. The largest absolute Gasteiger partial charge is 0.385 e. The average Bonchev–Trinajstić information content (AvgIpc) is 2.82. The molecule has 0 saturated heterocycles. The first-order chi connectivity index (χ1) is 8.35. The topological polar surface area (TPSA) is 77.5 Å². The maximum Gasteiger partial charge on any atom is 0.169 e. The molecular weight excluding hydrogens is 238 g/mol. The summed E-state index contributed by atoms with van der Waals surface area (Å²) in [6.07, 6.45) is 6.41. The Balaban J connectivity index is 2.16. The highest BCUT2D eigenvalue weighted by Gasteiger charge is 2.07. The van der Waals surface area contributed by atoms with Crippen molar-refractivity contribution in [2.24, 2.45) is 5.84 Å². The van der Waals surface area contributed by atoms with E-state index in [1.165, 1.54) is 0 Å². The SMILES string of the molecule is COCCCSc1nc(NN)cn2ccnc12. The molecule has 2 heterocycles. The smallest absolute Gasteiger partial charge is 0.169 e. The van der Waals surface area contributed by atoms with E-state index in [1.807, 2.05) is 16.8 Å². The van der Waals surface area contributed by atoms with Gasteiger partial charge in [-0.2, -0.15) is 0 Å². The van der Waals surface area contributed by atoms with E-state index in [9.17, 15) is 0 Å². The van der Waals surface area contributed by atoms with E-state index in [4.69, 9.17) is 10.6 Å². The molecule has 0 unspecified atom stereocenters. The first kappa shape index (κ1) is 12.2. The summed E-state index contributed by atoms with van der Waals surface area (Å²) in [4.78, 5) is 8.66. The van der Waals surface area contributed by atoms with Gasteiger partial charge in [-0.15, -0.1) is 11.8 Å². The average molecular weight is 253 g/mol. The van der Waals surface area contributed by atoms with Crippen LogP contribution >= 0.6 is 11.8 Å². The Hall–Kier alpha value is -1.31. The van der Waals surface area contributed by atoms with Gasteiger partial charge in [0.1, 0.15) is 5.03 Å². The number of hydrogen-bond acceptors (Lipinski definition) is 6. The summed E-state index contributed by atoms with van der Waals surface area (Å²) >= 11 is 1.65. The molecule has 6 nitrogen and oxygen atoms in total. The van der Waals surface area contributed by atoms with E-state index in [-0.39, 0.29) is 0 Å². The minimum atomic E-state index is 0.629. The van der Waals surface area contributed by atoms with Crippen LogP contribution in [0.3, 0.4) is 0 Å². The summed E-state index contributed by atoms with van der Waals surface area (Å²) in [6, 6.07) is 0. The predicted molar refractivity (Wildman–Crippen MR) is 68.0 cm³/mol. The number of aromatic nitrogens is 3. The Kier molecular flexibility index (Phi) is 4.18. The molecule has 17 heavy (non-hydrogen) atoms. The quantitative estimate of drug-likeness (QED) is 0.348. The van der Waals surface area contributed by atoms with Gasteiger partial charge < -0.3 is 14.6 Å². The molecule has 0 amide bonds. The normalized spacial score (nSPS) is 10.9. The molecule has 7 heteroatoms. The number of anilines is 1. The van der Waals surface area contributed by atoms with Crippen LogP contribution < -0.4 is 11.3 Å². The third-order valence-electron chi connectivity index (χ3n) is 2.22. The number of hydrazine groups is 1. The maximum atomic E-state index is 5.38. The summed E-state index contributed by atoms with van der Waals surface area (Å²) < 4.78 is 6.91. The van der Waals surface area contributed by atoms with E-state index in [1.54, 1.807) is 25.1 Å². The number of nitrogen functional groups attached to an aromatic ring is 1. The second-order valence-electron chi connectivity index (χ2n) is 3.43. The maximum absolute atomic E-state index is 5.38. The molecule has 0 radical (unpaired) electrons. The van der Waals surface area contributed by atoms with Gasteiger partial charge in [-0.3, -0.25) is 0 Å². The second kappa shape index (κ2) is 5.85. The lowest BCUT2D eigenvalue weighted by Gasteiger charge is -2.06. The van der Waals surface area contributed by atoms with Crippen LogP contribution in [0, 0.1) is 0 Å². The standard InChI is InChI=1S/C10H15N5OS/c1-16-5-2-6-17-10-9-12-3-4-15(9)7-8(13-10)14-11/h3-4,7,14H,2,5-6,11H2,1H3. The Morgan fingerprint density at radius 1 is 1.59 bits per heavy atom. The second-order valence-corrected chi connectivity index (χ2v) is 4.51. The lowest BCUT2D eigenvalue weighted by Crippen LogP contribution is -2.10. The lowest BCUT2D eigenvalue weighted by atomic mass is 10.5. The fourth-order valence-electron chi connectivity index (χ4n) is 1.44. The minimum Gasteiger partial charge on any atom is -0.385 e. The minimum absolute atomic E-state index is 0.629. The van der Waals surface area contributed by atoms with Crippen molar-refractivity contribution < 1.29 is 4.74 Å². The zero-order valence-corrected chi connectivity index (χ0v) is 10.4. The molecule has 92 valence electrons. The number of hydrogen-bond donors (Lipinski definition) is 2. The third kappa shape index (κ3) is 2.87. The monoisotopic (exact) mass is 253 g/mol. The van der Waals surface area contributed by atoms with Gasteiger partial charge in [0.25, 0.3) is 0 Å². The number of nitrogens with zero attached hydrogens (tertiary/aromatic N) is 3. The Bertz CT molecular complexity index is 487. The van der Waals surface area contributed by atoms with Gasteiger partial charge in [-0.1, -0.05) is 0 Å². The van der Waals surface area contributed by atoms with Crippen molar-refractivity contribution in [2.45, 2.75) is 11.4 Å². The fraction of sp³-hybridized carbons (Fsp3) is 0.400. The van der Waals surface area contributed by atoms with Gasteiger partial charge in [0.05, 0.1) is 6.20 Å². The van der Waals surface area contributed by atoms with E-state index < -0.39 is 0 Å². The molecule has 2 aromatic heterocycles. The number of fused-ring (bicyclic) bond motifs is 1. The Labute approximate surface area is 104 Å². The van der Waals surface area contributed by atoms with Crippen LogP contribution in [0.15, 0.2) is 23.6 Å². The highest BCUT2D eigenvalue weighted by molar-refractivity contribution is 7.99. The summed E-state index contributed by atoms with van der Waals surface area (Å²) in [7, 11) is 1.70. The molecular formula is C10H15N5OS. The number of nitrogens with two attached hydrogens (primary N) is 1. The van der Waals surface area contributed by atoms with Crippen molar-refractivity contribution in [2.75, 3.05) is 24.9 Å². The molecule has 0 bridgehead atoms. The van der Waals surface area contributed by atoms with Gasteiger partial charge in [0.2, 0.25) is 0 Å². The van der Waals surface area contributed by atoms with E-state index >= 15 is 0 Å². The van der Waals surface area contributed by atoms with Crippen molar-refractivity contribution in [3.63, 3.8) is 0 Å². The fourth-order valence-corrected chi connectivity index (χ4v) is 2.35. The van der Waals surface area contributed by atoms with Gasteiger partial charge in [0, 0.05) is 31.9 Å². The number of nitrogens with one attached hydrogen (secondary N) is 1. The third-order valence-corrected chi connectivity index (χ3v) is 3.26. The van der Waals surface area contributed by atoms with Crippen LogP contribution in [0.1, 0.15) is 6.42 Å². The molecule has 0 fully saturated rings. The molecule has 0 aliphatic carbocycles. The van der Waals surface area contributed by atoms with Gasteiger partial charge >= 0.3 is 0 Å². The molecule has 2 rings (SSSR count). The first-order valence-corrected chi connectivity index (χ1v) is 6.26. The number of imidazole rings is 1. The van der Waals surface area contributed by atoms with E-state index in [0.29, 0.717) is 5.82 Å². The van der Waals surface area contributed by atoms with Crippen LogP contribution in [0.2, 0.25) is 0 Å². The van der Waals surface area contributed by atoms with Gasteiger partial charge in [0.15, 0.2) is 11.5 Å². The van der Waals surface area contributed by atoms with Crippen LogP contribution in [0.5, 0.6) is 0 Å². The predicted octanol–water partition coefficient (Wildman–Crippen LogP) is 1.14. The van der Waals surface area contributed by atoms with Crippen molar-refractivity contribution in [1.29, 1.82) is 0 Å². The number of methoxy groups -OCH3 is 1. The zero-order valence-electron chi connectivity index (χ0n) is 9.59. The summed E-state index contributed by atoms with van der Waals surface area (Å²) in [6.45, 7) is 0.757. The van der Waals surface area contributed by atoms with Crippen molar-refractivity contribution >= 4 is 23.2 Å². The first-order valence-electron chi connectivity index (χ1n) is 5.27. The molecule has 2 aromatic rings. The van der Waals surface area contributed by atoms with E-state index in [2.05, 4.69) is 15.4 Å². The van der Waals surface area contributed by atoms with Crippen LogP contribution in [-0.2, 0) is 4.74 Å². The van der Waals surface area contributed by atoms with Crippen LogP contribution in [0.25, 0.3) is 5.65 Å². The number of ether oxygens (including phenoxy) is 1. The highest BCUT2D eigenvalue weighted by atomic mass is 32.2. The Morgan fingerprint density at radius 2 is 2.47 bits per heavy atom. The van der Waals surface area contributed by atoms with Gasteiger partial charge in [-0.25, -0.2) is 15.8 Å². The van der Waals surface area contributed by atoms with Crippen molar-refractivity contribution in [3.8, 4) is 0 Å². The summed E-state index contributed by atoms with van der Waals surface area (Å²) in [5.41, 5.74) is 3.41. The molecule has 0 aliphatic heterocycles.